The fourth-order valence-corrected chi connectivity index (χ4v) is 4.27. The monoisotopic (exact) mass is 401 g/mol. The Bertz CT molecular complexity index is 1090. The summed E-state index contributed by atoms with van der Waals surface area (Å²) in [5.41, 5.74) is -0.582. The minimum Gasteiger partial charge on any atom is -0.494 e. The molecule has 1 amide bonds. The van der Waals surface area contributed by atoms with Crippen LogP contribution in [0.5, 0.6) is 5.88 Å². The predicted octanol–water partition coefficient (Wildman–Crippen LogP) is 1.11. The maximum atomic E-state index is 12.6. The summed E-state index contributed by atoms with van der Waals surface area (Å²) < 4.78 is 1.60. The Kier molecular flexibility index (Phi) is 4.86. The first-order valence-electron chi connectivity index (χ1n) is 8.94. The normalized spacial score (nSPS) is 15.1. The van der Waals surface area contributed by atoms with E-state index in [1.54, 1.807) is 9.47 Å². The SMILES string of the molecule is O=C(c1cc(O)[nH]c(=O)c1)N1CCC(Cc2n[nH]c(=O)n2-c2cccs2)CC1. The van der Waals surface area contributed by atoms with Crippen LogP contribution in [0.4, 0.5) is 0 Å². The third-order valence-corrected chi connectivity index (χ3v) is 5.77. The summed E-state index contributed by atoms with van der Waals surface area (Å²) >= 11 is 1.48. The highest BCUT2D eigenvalue weighted by Gasteiger charge is 2.26. The number of amides is 1. The van der Waals surface area contributed by atoms with E-state index >= 15 is 0 Å². The Morgan fingerprint density at radius 3 is 2.75 bits per heavy atom. The summed E-state index contributed by atoms with van der Waals surface area (Å²) in [4.78, 5) is 40.0. The van der Waals surface area contributed by atoms with E-state index in [9.17, 15) is 19.5 Å². The zero-order chi connectivity index (χ0) is 19.7. The largest absolute Gasteiger partial charge is 0.494 e. The standard InChI is InChI=1S/C18H19N5O4S/c24-14-9-12(10-15(25)19-14)17(26)22-5-3-11(4-6-22)8-13-20-21-18(27)23(13)16-2-1-7-28-16/h1-2,7,9-11H,3-6,8H2,(H,21,27)(H2,19,24,25). The average Bonchev–Trinajstić information content (AvgIpc) is 3.31. The molecule has 4 rings (SSSR count). The molecular formula is C18H19N5O4S. The molecular weight excluding hydrogens is 382 g/mol. The van der Waals surface area contributed by atoms with Crippen LogP contribution in [0.15, 0.2) is 39.2 Å². The maximum Gasteiger partial charge on any atom is 0.348 e. The number of thiophene rings is 1. The first-order chi connectivity index (χ1) is 13.5. The first-order valence-corrected chi connectivity index (χ1v) is 9.82. The summed E-state index contributed by atoms with van der Waals surface area (Å²) in [6.07, 6.45) is 2.18. The van der Waals surface area contributed by atoms with Crippen LogP contribution in [0.25, 0.3) is 5.00 Å². The van der Waals surface area contributed by atoms with Gasteiger partial charge in [-0.2, -0.15) is 5.10 Å². The number of aromatic amines is 2. The van der Waals surface area contributed by atoms with Crippen LogP contribution in [0.2, 0.25) is 0 Å². The van der Waals surface area contributed by atoms with Crippen molar-refractivity contribution in [3.63, 3.8) is 0 Å². The minimum absolute atomic E-state index is 0.179. The van der Waals surface area contributed by atoms with E-state index in [-0.39, 0.29) is 23.0 Å². The molecule has 1 aliphatic heterocycles. The molecule has 4 heterocycles. The summed E-state index contributed by atoms with van der Waals surface area (Å²) in [6.45, 7) is 1.09. The lowest BCUT2D eigenvalue weighted by atomic mass is 9.93. The van der Waals surface area contributed by atoms with E-state index in [0.717, 1.165) is 17.8 Å². The van der Waals surface area contributed by atoms with Gasteiger partial charge in [0.15, 0.2) is 5.88 Å². The van der Waals surface area contributed by atoms with Crippen molar-refractivity contribution in [2.24, 2.45) is 5.92 Å². The van der Waals surface area contributed by atoms with E-state index in [0.29, 0.717) is 31.3 Å². The van der Waals surface area contributed by atoms with Gasteiger partial charge in [0.1, 0.15) is 10.8 Å². The molecule has 10 heteroatoms. The van der Waals surface area contributed by atoms with E-state index < -0.39 is 5.56 Å². The van der Waals surface area contributed by atoms with Gasteiger partial charge >= 0.3 is 5.69 Å². The molecule has 3 aromatic rings. The maximum absolute atomic E-state index is 12.6. The Morgan fingerprint density at radius 1 is 1.29 bits per heavy atom. The van der Waals surface area contributed by atoms with Gasteiger partial charge in [0.25, 0.3) is 11.5 Å². The van der Waals surface area contributed by atoms with Crippen molar-refractivity contribution in [1.29, 1.82) is 0 Å². The number of aromatic hydroxyl groups is 1. The lowest BCUT2D eigenvalue weighted by Crippen LogP contribution is -2.39. The number of carbonyl (C=O) groups excluding carboxylic acids is 1. The number of likely N-dealkylation sites (tertiary alicyclic amines) is 1. The number of aromatic nitrogens is 4. The number of H-pyrrole nitrogens is 2. The fraction of sp³-hybridized carbons (Fsp3) is 0.333. The van der Waals surface area contributed by atoms with Crippen molar-refractivity contribution in [1.82, 2.24) is 24.6 Å². The first kappa shape index (κ1) is 18.2. The molecule has 0 aliphatic carbocycles. The summed E-state index contributed by atoms with van der Waals surface area (Å²) in [5.74, 6) is 0.396. The number of nitrogens with zero attached hydrogens (tertiary/aromatic N) is 3. The van der Waals surface area contributed by atoms with Crippen LogP contribution in [0.3, 0.4) is 0 Å². The minimum atomic E-state index is -0.511. The molecule has 0 radical (unpaired) electrons. The molecule has 0 aromatic carbocycles. The predicted molar refractivity (Wildman–Crippen MR) is 103 cm³/mol. The third kappa shape index (κ3) is 3.63. The van der Waals surface area contributed by atoms with E-state index in [2.05, 4.69) is 15.2 Å². The number of rotatable bonds is 4. The van der Waals surface area contributed by atoms with Gasteiger partial charge in [0, 0.05) is 31.6 Å². The number of carbonyl (C=O) groups is 1. The molecule has 1 fully saturated rings. The Hall–Kier alpha value is -3.14. The van der Waals surface area contributed by atoms with Gasteiger partial charge in [0.05, 0.1) is 5.56 Å². The molecule has 1 aliphatic rings. The van der Waals surface area contributed by atoms with Crippen LogP contribution in [-0.2, 0) is 6.42 Å². The number of hydrogen-bond donors (Lipinski definition) is 3. The van der Waals surface area contributed by atoms with Crippen molar-refractivity contribution in [2.75, 3.05) is 13.1 Å². The van der Waals surface area contributed by atoms with Gasteiger partial charge in [-0.25, -0.2) is 14.5 Å². The van der Waals surface area contributed by atoms with Crippen LogP contribution < -0.4 is 11.2 Å². The number of pyridine rings is 1. The number of hydrogen-bond acceptors (Lipinski definition) is 6. The molecule has 9 nitrogen and oxygen atoms in total. The van der Waals surface area contributed by atoms with Crippen molar-refractivity contribution in [2.45, 2.75) is 19.3 Å². The Labute approximate surface area is 163 Å². The average molecular weight is 401 g/mol. The molecule has 0 saturated carbocycles. The highest BCUT2D eigenvalue weighted by Crippen LogP contribution is 2.23. The second-order valence-corrected chi connectivity index (χ2v) is 7.72. The second-order valence-electron chi connectivity index (χ2n) is 6.79. The molecule has 0 atom stereocenters. The molecule has 3 N–H and O–H groups in total. The Balaban J connectivity index is 1.42. The number of piperidine rings is 1. The van der Waals surface area contributed by atoms with E-state index in [4.69, 9.17) is 0 Å². The van der Waals surface area contributed by atoms with Gasteiger partial charge in [-0.15, -0.1) is 11.3 Å². The van der Waals surface area contributed by atoms with Crippen LogP contribution >= 0.6 is 11.3 Å². The van der Waals surface area contributed by atoms with Crippen molar-refractivity contribution >= 4 is 17.2 Å². The lowest BCUT2D eigenvalue weighted by molar-refractivity contribution is 0.0689. The van der Waals surface area contributed by atoms with Gasteiger partial charge in [-0.3, -0.25) is 14.6 Å². The summed E-state index contributed by atoms with van der Waals surface area (Å²) in [5, 5.41) is 18.9. The molecule has 3 aromatic heterocycles. The second kappa shape index (κ2) is 7.47. The summed E-state index contributed by atoms with van der Waals surface area (Å²) in [7, 11) is 0. The van der Waals surface area contributed by atoms with Gasteiger partial charge in [0.2, 0.25) is 0 Å². The highest BCUT2D eigenvalue weighted by atomic mass is 32.1. The van der Waals surface area contributed by atoms with E-state index in [1.165, 1.54) is 23.5 Å². The third-order valence-electron chi connectivity index (χ3n) is 4.92. The van der Waals surface area contributed by atoms with Crippen LogP contribution in [-0.4, -0.2) is 48.8 Å². The molecule has 1 saturated heterocycles. The zero-order valence-electron chi connectivity index (χ0n) is 14.9. The topological polar surface area (TPSA) is 124 Å². The smallest absolute Gasteiger partial charge is 0.348 e. The summed E-state index contributed by atoms with van der Waals surface area (Å²) in [6, 6.07) is 6.22. The van der Waals surface area contributed by atoms with Crippen molar-refractivity contribution in [3.8, 4) is 10.9 Å². The van der Waals surface area contributed by atoms with Gasteiger partial charge < -0.3 is 10.0 Å². The zero-order valence-corrected chi connectivity index (χ0v) is 15.7. The molecule has 146 valence electrons. The van der Waals surface area contributed by atoms with Gasteiger partial charge in [-0.1, -0.05) is 0 Å². The quantitative estimate of drug-likeness (QED) is 0.604. The van der Waals surface area contributed by atoms with Crippen molar-refractivity contribution in [3.05, 3.63) is 61.9 Å². The molecule has 0 spiro atoms. The van der Waals surface area contributed by atoms with Crippen LogP contribution in [0, 0.1) is 5.92 Å². The molecule has 0 bridgehead atoms. The highest BCUT2D eigenvalue weighted by molar-refractivity contribution is 7.12. The fourth-order valence-electron chi connectivity index (χ4n) is 3.52. The van der Waals surface area contributed by atoms with Gasteiger partial charge in [-0.05, 0) is 36.3 Å². The lowest BCUT2D eigenvalue weighted by Gasteiger charge is -2.31. The number of nitrogens with one attached hydrogen (secondary N) is 2. The van der Waals surface area contributed by atoms with Crippen molar-refractivity contribution < 1.29 is 9.90 Å². The molecule has 28 heavy (non-hydrogen) atoms. The Morgan fingerprint density at radius 2 is 2.07 bits per heavy atom. The van der Waals surface area contributed by atoms with Crippen LogP contribution in [0.1, 0.15) is 29.0 Å². The van der Waals surface area contributed by atoms with E-state index in [1.807, 2.05) is 17.5 Å². The molecule has 0 unspecified atom stereocenters.